The summed E-state index contributed by atoms with van der Waals surface area (Å²) < 4.78 is 0.881. The fourth-order valence-corrected chi connectivity index (χ4v) is 4.05. The molecule has 1 amide bonds. The van der Waals surface area contributed by atoms with Crippen LogP contribution >= 0.6 is 22.9 Å². The molecule has 7 nitrogen and oxygen atoms in total. The quantitative estimate of drug-likeness (QED) is 0.418. The van der Waals surface area contributed by atoms with Crippen LogP contribution in [0.1, 0.15) is 16.8 Å². The summed E-state index contributed by atoms with van der Waals surface area (Å²) in [6.45, 7) is 1.24. The third kappa shape index (κ3) is 4.46. The molecule has 0 aliphatic heterocycles. The van der Waals surface area contributed by atoms with E-state index in [1.165, 1.54) is 29.5 Å². The van der Waals surface area contributed by atoms with Gasteiger partial charge >= 0.3 is 0 Å². The molecule has 0 aliphatic carbocycles. The predicted molar refractivity (Wildman–Crippen MR) is 113 cm³/mol. The second-order valence-corrected chi connectivity index (χ2v) is 7.92. The molecular weight excluding hydrogens is 400 g/mol. The number of nitro benzene ring substituents is 1. The zero-order valence-electron chi connectivity index (χ0n) is 15.5. The molecule has 3 aromatic rings. The topological polar surface area (TPSA) is 79.6 Å². The summed E-state index contributed by atoms with van der Waals surface area (Å²) >= 11 is 7.61. The monoisotopic (exact) mass is 418 g/mol. The van der Waals surface area contributed by atoms with E-state index >= 15 is 0 Å². The van der Waals surface area contributed by atoms with Crippen LogP contribution in [0.15, 0.2) is 42.5 Å². The molecule has 3 rings (SSSR count). The first-order valence-corrected chi connectivity index (χ1v) is 9.82. The smallest absolute Gasteiger partial charge is 0.270 e. The maximum Gasteiger partial charge on any atom is 0.270 e. The summed E-state index contributed by atoms with van der Waals surface area (Å²) in [5.41, 5.74) is 0.782. The Bertz CT molecular complexity index is 1020. The predicted octanol–water partition coefficient (Wildman–Crippen LogP) is 4.46. The average Bonchev–Trinajstić information content (AvgIpc) is 3.10. The molecule has 0 saturated heterocycles. The van der Waals surface area contributed by atoms with Gasteiger partial charge in [0, 0.05) is 24.2 Å². The molecule has 0 atom stereocenters. The Balaban J connectivity index is 1.97. The average molecular weight is 419 g/mol. The first-order valence-electron chi connectivity index (χ1n) is 8.63. The van der Waals surface area contributed by atoms with Gasteiger partial charge in [-0.25, -0.2) is 4.98 Å². The van der Waals surface area contributed by atoms with Crippen LogP contribution in [0.3, 0.4) is 0 Å². The number of hydrogen-bond acceptors (Lipinski definition) is 6. The highest BCUT2D eigenvalue weighted by molar-refractivity contribution is 7.22. The number of halogens is 1. The summed E-state index contributed by atoms with van der Waals surface area (Å²) in [7, 11) is 3.92. The molecular formula is C19H19ClN4O3S. The molecule has 9 heteroatoms. The van der Waals surface area contributed by atoms with Gasteiger partial charge in [0.15, 0.2) is 5.13 Å². The highest BCUT2D eigenvalue weighted by Gasteiger charge is 2.23. The summed E-state index contributed by atoms with van der Waals surface area (Å²) in [4.78, 5) is 31.9. The molecule has 2 aromatic carbocycles. The first-order chi connectivity index (χ1) is 13.4. The number of anilines is 1. The fraction of sp³-hybridized carbons (Fsp3) is 0.263. The maximum absolute atomic E-state index is 13.2. The molecule has 1 aromatic heterocycles. The van der Waals surface area contributed by atoms with Gasteiger partial charge < -0.3 is 4.90 Å². The molecule has 0 bridgehead atoms. The van der Waals surface area contributed by atoms with Crippen molar-refractivity contribution in [2.45, 2.75) is 6.42 Å². The minimum atomic E-state index is -0.509. The normalized spacial score (nSPS) is 11.1. The molecule has 0 spiro atoms. The number of nitro groups is 1. The van der Waals surface area contributed by atoms with Gasteiger partial charge in [-0.05, 0) is 45.3 Å². The van der Waals surface area contributed by atoms with Gasteiger partial charge in [-0.3, -0.25) is 19.8 Å². The number of carbonyl (C=O) groups excluding carboxylic acids is 1. The third-order valence-corrected chi connectivity index (χ3v) is 5.47. The number of aromatic nitrogens is 1. The van der Waals surface area contributed by atoms with Gasteiger partial charge in [0.25, 0.3) is 11.6 Å². The number of hydrogen-bond donors (Lipinski definition) is 0. The number of amides is 1. The molecule has 28 heavy (non-hydrogen) atoms. The second-order valence-electron chi connectivity index (χ2n) is 6.50. The Morgan fingerprint density at radius 1 is 1.21 bits per heavy atom. The first kappa shape index (κ1) is 20.2. The number of nitrogens with zero attached hydrogens (tertiary/aromatic N) is 4. The Kier molecular flexibility index (Phi) is 6.23. The molecule has 0 saturated carbocycles. The fourth-order valence-electron chi connectivity index (χ4n) is 2.76. The Morgan fingerprint density at radius 3 is 2.64 bits per heavy atom. The van der Waals surface area contributed by atoms with Crippen molar-refractivity contribution in [1.82, 2.24) is 9.88 Å². The van der Waals surface area contributed by atoms with E-state index in [2.05, 4.69) is 4.98 Å². The van der Waals surface area contributed by atoms with Crippen molar-refractivity contribution in [2.24, 2.45) is 0 Å². The van der Waals surface area contributed by atoms with Crippen molar-refractivity contribution in [3.63, 3.8) is 0 Å². The SMILES string of the molecule is CN(C)CCCN(C(=O)c1cccc([N+](=O)[O-])c1)c1nc2c(Cl)cccc2s1. The van der Waals surface area contributed by atoms with Crippen molar-refractivity contribution >= 4 is 49.9 Å². The van der Waals surface area contributed by atoms with Gasteiger partial charge in [0.05, 0.1) is 14.6 Å². The summed E-state index contributed by atoms with van der Waals surface area (Å²) in [5.74, 6) is -0.322. The lowest BCUT2D eigenvalue weighted by atomic mass is 10.1. The highest BCUT2D eigenvalue weighted by Crippen LogP contribution is 2.33. The lowest BCUT2D eigenvalue weighted by molar-refractivity contribution is -0.384. The minimum Gasteiger partial charge on any atom is -0.309 e. The van der Waals surface area contributed by atoms with E-state index < -0.39 is 4.92 Å². The van der Waals surface area contributed by atoms with Gasteiger partial charge in [0.2, 0.25) is 0 Å². The zero-order chi connectivity index (χ0) is 20.3. The van der Waals surface area contributed by atoms with Gasteiger partial charge in [-0.2, -0.15) is 0 Å². The van der Waals surface area contributed by atoms with Crippen LogP contribution in [0.5, 0.6) is 0 Å². The zero-order valence-corrected chi connectivity index (χ0v) is 17.0. The van der Waals surface area contributed by atoms with Gasteiger partial charge in [-0.1, -0.05) is 35.1 Å². The molecule has 1 heterocycles. The lowest BCUT2D eigenvalue weighted by Gasteiger charge is -2.21. The van der Waals surface area contributed by atoms with Crippen LogP contribution in [0.2, 0.25) is 5.02 Å². The summed E-state index contributed by atoms with van der Waals surface area (Å²) in [6.07, 6.45) is 0.733. The van der Waals surface area contributed by atoms with E-state index in [9.17, 15) is 14.9 Å². The summed E-state index contributed by atoms with van der Waals surface area (Å²) in [5, 5.41) is 12.1. The Hall–Kier alpha value is -2.55. The molecule has 0 N–H and O–H groups in total. The van der Waals surface area contributed by atoms with Crippen molar-refractivity contribution in [3.05, 3.63) is 63.2 Å². The Morgan fingerprint density at radius 2 is 1.96 bits per heavy atom. The van der Waals surface area contributed by atoms with E-state index in [-0.39, 0.29) is 17.2 Å². The van der Waals surface area contributed by atoms with Crippen molar-refractivity contribution in [1.29, 1.82) is 0 Å². The Labute approximate surface area is 171 Å². The standard InChI is InChI=1S/C19H19ClN4O3S/c1-22(2)10-5-11-23(18(25)13-6-3-7-14(12-13)24(26)27)19-21-17-15(20)8-4-9-16(17)28-19/h3-4,6-9,12H,5,10-11H2,1-2H3. The number of carbonyl (C=O) groups is 1. The van der Waals surface area contributed by atoms with Crippen molar-refractivity contribution in [2.75, 3.05) is 32.1 Å². The van der Waals surface area contributed by atoms with Gasteiger partial charge in [-0.15, -0.1) is 0 Å². The van der Waals surface area contributed by atoms with Crippen LogP contribution < -0.4 is 4.90 Å². The lowest BCUT2D eigenvalue weighted by Crippen LogP contribution is -2.33. The highest BCUT2D eigenvalue weighted by atomic mass is 35.5. The van der Waals surface area contributed by atoms with E-state index in [1.807, 2.05) is 31.1 Å². The van der Waals surface area contributed by atoms with E-state index in [0.29, 0.717) is 22.2 Å². The van der Waals surface area contributed by atoms with E-state index in [0.717, 1.165) is 17.7 Å². The third-order valence-electron chi connectivity index (χ3n) is 4.13. The number of non-ortho nitro benzene ring substituents is 1. The number of rotatable bonds is 7. The van der Waals surface area contributed by atoms with E-state index in [1.54, 1.807) is 17.0 Å². The number of para-hydroxylation sites is 1. The van der Waals surface area contributed by atoms with Crippen LogP contribution in [0.4, 0.5) is 10.8 Å². The van der Waals surface area contributed by atoms with Crippen LogP contribution in [-0.2, 0) is 0 Å². The molecule has 0 radical (unpaired) electrons. The number of thiazole rings is 1. The van der Waals surface area contributed by atoms with Crippen LogP contribution in [-0.4, -0.2) is 47.9 Å². The summed E-state index contributed by atoms with van der Waals surface area (Å²) in [6, 6.07) is 11.2. The largest absolute Gasteiger partial charge is 0.309 e. The van der Waals surface area contributed by atoms with Crippen LogP contribution in [0, 0.1) is 10.1 Å². The van der Waals surface area contributed by atoms with Crippen molar-refractivity contribution < 1.29 is 9.72 Å². The molecule has 0 fully saturated rings. The number of fused-ring (bicyclic) bond motifs is 1. The molecule has 146 valence electrons. The van der Waals surface area contributed by atoms with Gasteiger partial charge in [0.1, 0.15) is 5.52 Å². The maximum atomic E-state index is 13.2. The van der Waals surface area contributed by atoms with E-state index in [4.69, 9.17) is 11.6 Å². The van der Waals surface area contributed by atoms with Crippen LogP contribution in [0.25, 0.3) is 10.2 Å². The second kappa shape index (κ2) is 8.64. The minimum absolute atomic E-state index is 0.119. The molecule has 0 aliphatic rings. The van der Waals surface area contributed by atoms with Crippen molar-refractivity contribution in [3.8, 4) is 0 Å². The molecule has 0 unspecified atom stereocenters. The number of benzene rings is 2.